The van der Waals surface area contributed by atoms with E-state index >= 15 is 0 Å². The fourth-order valence-corrected chi connectivity index (χ4v) is 5.21. The van der Waals surface area contributed by atoms with Gasteiger partial charge in [-0.25, -0.2) is 0 Å². The summed E-state index contributed by atoms with van der Waals surface area (Å²) in [6.45, 7) is 6.63. The number of hydrogen-bond donors (Lipinski definition) is 0. The molecule has 22 heavy (non-hydrogen) atoms. The lowest BCUT2D eigenvalue weighted by Crippen LogP contribution is -2.51. The first kappa shape index (κ1) is 15.5. The largest absolute Gasteiger partial charge is 0.469 e. The molecular weight excluding hydrogens is 276 g/mol. The number of esters is 1. The zero-order valence-electron chi connectivity index (χ0n) is 14.0. The molecule has 0 bridgehead atoms. The van der Waals surface area contributed by atoms with E-state index in [4.69, 9.17) is 4.74 Å². The molecule has 0 radical (unpaired) electrons. The summed E-state index contributed by atoms with van der Waals surface area (Å²) < 4.78 is 5.13. The Kier molecular flexibility index (Phi) is 3.58. The van der Waals surface area contributed by atoms with Crippen molar-refractivity contribution in [1.82, 2.24) is 0 Å². The molecule has 3 rings (SSSR count). The van der Waals surface area contributed by atoms with Crippen LogP contribution in [0.15, 0.2) is 23.8 Å². The van der Waals surface area contributed by atoms with Gasteiger partial charge in [0.15, 0.2) is 5.78 Å². The van der Waals surface area contributed by atoms with E-state index < -0.39 is 0 Å². The average Bonchev–Trinajstić information content (AvgIpc) is 2.46. The van der Waals surface area contributed by atoms with Crippen LogP contribution in [0, 0.1) is 28.6 Å². The summed E-state index contributed by atoms with van der Waals surface area (Å²) in [7, 11) is 1.50. The molecule has 0 spiro atoms. The van der Waals surface area contributed by atoms with Crippen molar-refractivity contribution in [3.63, 3.8) is 0 Å². The average molecular weight is 302 g/mol. The second kappa shape index (κ2) is 5.07. The Hall–Kier alpha value is -1.38. The van der Waals surface area contributed by atoms with E-state index in [0.717, 1.165) is 25.7 Å². The van der Waals surface area contributed by atoms with Gasteiger partial charge in [0.05, 0.1) is 13.0 Å². The number of carbonyl (C=O) groups excluding carboxylic acids is 2. The third kappa shape index (κ3) is 2.17. The topological polar surface area (TPSA) is 43.4 Å². The highest BCUT2D eigenvalue weighted by Crippen LogP contribution is 2.60. The van der Waals surface area contributed by atoms with Crippen LogP contribution in [0.3, 0.4) is 0 Å². The summed E-state index contributed by atoms with van der Waals surface area (Å²) in [5.41, 5.74) is 1.17. The van der Waals surface area contributed by atoms with Crippen molar-refractivity contribution >= 4 is 11.8 Å². The van der Waals surface area contributed by atoms with Gasteiger partial charge in [-0.05, 0) is 55.1 Å². The quantitative estimate of drug-likeness (QED) is 0.694. The lowest BCUT2D eigenvalue weighted by Gasteiger charge is -2.55. The predicted molar refractivity (Wildman–Crippen MR) is 85.1 cm³/mol. The summed E-state index contributed by atoms with van der Waals surface area (Å²) in [5, 5.41) is 0. The highest BCUT2D eigenvalue weighted by molar-refractivity contribution is 6.01. The second-order valence-corrected chi connectivity index (χ2v) is 8.03. The molecule has 2 saturated carbocycles. The molecule has 4 atom stereocenters. The maximum absolute atomic E-state index is 12.4. The molecular formula is C19H26O3. The Morgan fingerprint density at radius 1 is 1.27 bits per heavy atom. The molecule has 1 unspecified atom stereocenters. The van der Waals surface area contributed by atoms with E-state index in [0.29, 0.717) is 11.8 Å². The lowest BCUT2D eigenvalue weighted by atomic mass is 9.48. The van der Waals surface area contributed by atoms with Crippen LogP contribution in [-0.2, 0) is 14.3 Å². The summed E-state index contributed by atoms with van der Waals surface area (Å²) >= 11 is 0. The Balaban J connectivity index is 1.99. The van der Waals surface area contributed by atoms with Gasteiger partial charge in [0.2, 0.25) is 0 Å². The van der Waals surface area contributed by atoms with Gasteiger partial charge in [-0.1, -0.05) is 32.4 Å². The van der Waals surface area contributed by atoms with Gasteiger partial charge in [-0.15, -0.1) is 0 Å². The minimum Gasteiger partial charge on any atom is -0.469 e. The van der Waals surface area contributed by atoms with Crippen LogP contribution in [0.25, 0.3) is 0 Å². The molecule has 0 amide bonds. The molecule has 3 nitrogen and oxygen atoms in total. The number of rotatable bonds is 1. The first-order chi connectivity index (χ1) is 10.3. The summed E-state index contributed by atoms with van der Waals surface area (Å²) in [4.78, 5) is 24.1. The van der Waals surface area contributed by atoms with Gasteiger partial charge >= 0.3 is 5.97 Å². The molecule has 0 aliphatic heterocycles. The summed E-state index contributed by atoms with van der Waals surface area (Å²) in [6, 6.07) is 0. The predicted octanol–water partition coefficient (Wildman–Crippen LogP) is 3.69. The maximum Gasteiger partial charge on any atom is 0.309 e. The van der Waals surface area contributed by atoms with Crippen molar-refractivity contribution in [2.45, 2.75) is 46.5 Å². The normalized spacial score (nSPS) is 39.5. The van der Waals surface area contributed by atoms with Crippen LogP contribution in [-0.4, -0.2) is 18.9 Å². The highest BCUT2D eigenvalue weighted by atomic mass is 16.5. The van der Waals surface area contributed by atoms with Crippen molar-refractivity contribution in [2.24, 2.45) is 28.6 Å². The molecule has 2 fully saturated rings. The number of fused-ring (bicyclic) bond motifs is 3. The first-order valence-electron chi connectivity index (χ1n) is 8.31. The van der Waals surface area contributed by atoms with Gasteiger partial charge in [-0.3, -0.25) is 9.59 Å². The van der Waals surface area contributed by atoms with Crippen molar-refractivity contribution in [3.8, 4) is 0 Å². The van der Waals surface area contributed by atoms with Gasteiger partial charge in [0.25, 0.3) is 0 Å². The number of hydrogen-bond acceptors (Lipinski definition) is 3. The molecule has 0 aromatic carbocycles. The van der Waals surface area contributed by atoms with E-state index in [9.17, 15) is 9.59 Å². The molecule has 3 aliphatic rings. The van der Waals surface area contributed by atoms with E-state index in [1.807, 2.05) is 6.08 Å². The molecule has 0 aromatic heterocycles. The van der Waals surface area contributed by atoms with E-state index in [1.165, 1.54) is 12.7 Å². The van der Waals surface area contributed by atoms with Crippen LogP contribution in [0.1, 0.15) is 46.5 Å². The van der Waals surface area contributed by atoms with Crippen LogP contribution in [0.4, 0.5) is 0 Å². The minimum atomic E-state index is -0.0698. The van der Waals surface area contributed by atoms with E-state index in [1.54, 1.807) is 6.08 Å². The number of ether oxygens (including phenoxy) is 1. The molecule has 0 saturated heterocycles. The van der Waals surface area contributed by atoms with Crippen LogP contribution in [0.5, 0.6) is 0 Å². The van der Waals surface area contributed by atoms with Crippen LogP contribution < -0.4 is 0 Å². The smallest absolute Gasteiger partial charge is 0.309 e. The molecule has 3 aliphatic carbocycles. The Morgan fingerprint density at radius 2 is 2.00 bits per heavy atom. The molecule has 120 valence electrons. The lowest BCUT2D eigenvalue weighted by molar-refractivity contribution is -0.160. The fourth-order valence-electron chi connectivity index (χ4n) is 5.21. The van der Waals surface area contributed by atoms with Gasteiger partial charge in [-0.2, -0.15) is 0 Å². The number of methoxy groups -OCH3 is 1. The second-order valence-electron chi connectivity index (χ2n) is 8.03. The van der Waals surface area contributed by atoms with E-state index in [2.05, 4.69) is 26.8 Å². The SMILES string of the molecule is COC(=O)C1[C@@H]2CCC3=CC(=O)C=C[C@]3(C)[C@H]2CCC1(C)C. The van der Waals surface area contributed by atoms with Gasteiger partial charge in [0.1, 0.15) is 0 Å². The minimum absolute atomic E-state index is 0.0139. The van der Waals surface area contributed by atoms with Crippen LogP contribution >= 0.6 is 0 Å². The molecule has 3 heteroatoms. The molecule has 0 heterocycles. The number of carbonyl (C=O) groups is 2. The third-order valence-corrected chi connectivity index (χ3v) is 6.46. The highest BCUT2D eigenvalue weighted by Gasteiger charge is 2.55. The zero-order chi connectivity index (χ0) is 16.1. The number of allylic oxidation sites excluding steroid dienone is 4. The standard InChI is InChI=1S/C19H26O3/c1-18(2)9-8-15-14(16(18)17(21)22-4)6-5-12-11-13(20)7-10-19(12,15)3/h7,10-11,14-16H,5-6,8-9H2,1-4H3/t14-,15+,16?,19+/m1/s1. The summed E-state index contributed by atoms with van der Waals surface area (Å²) in [5.74, 6) is 0.768. The van der Waals surface area contributed by atoms with Crippen molar-refractivity contribution < 1.29 is 14.3 Å². The number of ketones is 1. The first-order valence-corrected chi connectivity index (χ1v) is 8.31. The Labute approximate surface area is 132 Å². The monoisotopic (exact) mass is 302 g/mol. The molecule has 0 N–H and O–H groups in total. The third-order valence-electron chi connectivity index (χ3n) is 6.46. The van der Waals surface area contributed by atoms with Crippen molar-refractivity contribution in [2.75, 3.05) is 7.11 Å². The van der Waals surface area contributed by atoms with Gasteiger partial charge < -0.3 is 4.74 Å². The fraction of sp³-hybridized carbons (Fsp3) is 0.684. The molecule has 0 aromatic rings. The Bertz CT molecular complexity index is 569. The Morgan fingerprint density at radius 3 is 2.68 bits per heavy atom. The summed E-state index contributed by atoms with van der Waals surface area (Å²) in [6.07, 6.45) is 9.65. The zero-order valence-corrected chi connectivity index (χ0v) is 14.0. The van der Waals surface area contributed by atoms with Crippen molar-refractivity contribution in [3.05, 3.63) is 23.8 Å². The van der Waals surface area contributed by atoms with Crippen LogP contribution in [0.2, 0.25) is 0 Å². The van der Waals surface area contributed by atoms with Crippen molar-refractivity contribution in [1.29, 1.82) is 0 Å². The maximum atomic E-state index is 12.4. The van der Waals surface area contributed by atoms with E-state index in [-0.39, 0.29) is 28.5 Å². The van der Waals surface area contributed by atoms with Gasteiger partial charge in [0, 0.05) is 5.41 Å².